The quantitative estimate of drug-likeness (QED) is 0.567. The Morgan fingerprint density at radius 1 is 1.35 bits per heavy atom. The predicted octanol–water partition coefficient (Wildman–Crippen LogP) is 0.737. The van der Waals surface area contributed by atoms with E-state index in [4.69, 9.17) is 9.84 Å². The molecule has 17 heavy (non-hydrogen) atoms. The Morgan fingerprint density at radius 3 is 2.76 bits per heavy atom. The number of hydrogen-bond acceptors (Lipinski definition) is 4. The third kappa shape index (κ3) is 9.00. The minimum absolute atomic E-state index is 0.0298. The first-order valence-corrected chi connectivity index (χ1v) is 6.98. The molecule has 1 rings (SSSR count). The summed E-state index contributed by atoms with van der Waals surface area (Å²) >= 11 is 1.11. The van der Waals surface area contributed by atoms with Crippen LogP contribution in [0.2, 0.25) is 0 Å². The molecule has 0 radical (unpaired) electrons. The van der Waals surface area contributed by atoms with Crippen LogP contribution < -0.4 is 5.32 Å². The zero-order valence-corrected chi connectivity index (χ0v) is 10.6. The number of thioether (sulfide) groups is 1. The highest BCUT2D eigenvalue weighted by molar-refractivity contribution is 8.00. The fourth-order valence-electron chi connectivity index (χ4n) is 1.22. The number of carbonyl (C=O) groups is 2. The normalized spacial score (nSPS) is 14.6. The van der Waals surface area contributed by atoms with E-state index in [0.29, 0.717) is 13.2 Å². The molecule has 0 atom stereocenters. The molecule has 5 nitrogen and oxygen atoms in total. The van der Waals surface area contributed by atoms with Crippen LogP contribution in [0.1, 0.15) is 19.3 Å². The Hall–Kier alpha value is -0.750. The summed E-state index contributed by atoms with van der Waals surface area (Å²) in [6.45, 7) is 2.12. The molecule has 6 heteroatoms. The van der Waals surface area contributed by atoms with Crippen LogP contribution in [0.3, 0.4) is 0 Å². The van der Waals surface area contributed by atoms with Gasteiger partial charge in [0, 0.05) is 19.8 Å². The van der Waals surface area contributed by atoms with E-state index in [1.165, 1.54) is 12.8 Å². The first kappa shape index (κ1) is 14.3. The van der Waals surface area contributed by atoms with Crippen molar-refractivity contribution < 1.29 is 19.4 Å². The molecule has 0 aromatic rings. The zero-order valence-electron chi connectivity index (χ0n) is 9.81. The Kier molecular flexibility index (Phi) is 7.04. The molecule has 1 amide bonds. The van der Waals surface area contributed by atoms with Crippen molar-refractivity contribution in [3.8, 4) is 0 Å². The second-order valence-electron chi connectivity index (χ2n) is 4.11. The van der Waals surface area contributed by atoms with Gasteiger partial charge in [-0.3, -0.25) is 9.59 Å². The van der Waals surface area contributed by atoms with Crippen molar-refractivity contribution in [1.29, 1.82) is 0 Å². The first-order valence-electron chi connectivity index (χ1n) is 5.82. The molecule has 1 fully saturated rings. The van der Waals surface area contributed by atoms with Gasteiger partial charge in [-0.05, 0) is 25.2 Å². The van der Waals surface area contributed by atoms with Gasteiger partial charge in [0.1, 0.15) is 0 Å². The highest BCUT2D eigenvalue weighted by Crippen LogP contribution is 2.28. The lowest BCUT2D eigenvalue weighted by Crippen LogP contribution is -2.27. The van der Waals surface area contributed by atoms with Crippen LogP contribution in [0.25, 0.3) is 0 Å². The van der Waals surface area contributed by atoms with Crippen LogP contribution in [0.4, 0.5) is 0 Å². The number of amides is 1. The molecule has 0 aromatic heterocycles. The average molecular weight is 261 g/mol. The third-order valence-corrected chi connectivity index (χ3v) is 3.21. The monoisotopic (exact) mass is 261 g/mol. The van der Waals surface area contributed by atoms with E-state index >= 15 is 0 Å². The van der Waals surface area contributed by atoms with Gasteiger partial charge in [-0.25, -0.2) is 0 Å². The van der Waals surface area contributed by atoms with Crippen LogP contribution in [-0.4, -0.2) is 48.2 Å². The molecule has 0 spiro atoms. The van der Waals surface area contributed by atoms with Crippen LogP contribution in [0.15, 0.2) is 0 Å². The summed E-state index contributed by atoms with van der Waals surface area (Å²) in [4.78, 5) is 21.4. The average Bonchev–Trinajstić information content (AvgIpc) is 3.06. The van der Waals surface area contributed by atoms with Gasteiger partial charge in [0.05, 0.1) is 11.5 Å². The van der Waals surface area contributed by atoms with E-state index in [9.17, 15) is 9.59 Å². The number of aliphatic carboxylic acids is 1. The third-order valence-electron chi connectivity index (χ3n) is 2.30. The summed E-state index contributed by atoms with van der Waals surface area (Å²) < 4.78 is 5.42. The maximum Gasteiger partial charge on any atom is 0.313 e. The van der Waals surface area contributed by atoms with Gasteiger partial charge >= 0.3 is 5.97 Å². The van der Waals surface area contributed by atoms with Crippen molar-refractivity contribution in [2.45, 2.75) is 19.3 Å². The summed E-state index contributed by atoms with van der Waals surface area (Å²) in [5.41, 5.74) is 0. The summed E-state index contributed by atoms with van der Waals surface area (Å²) in [5, 5.41) is 11.1. The largest absolute Gasteiger partial charge is 0.481 e. The molecule has 2 N–H and O–H groups in total. The van der Waals surface area contributed by atoms with Crippen molar-refractivity contribution >= 4 is 23.6 Å². The van der Waals surface area contributed by atoms with E-state index < -0.39 is 5.97 Å². The standard InChI is InChI=1S/C11H19NO4S/c13-10(7-17-8-11(14)15)12-4-1-5-16-6-9-2-3-9/h9H,1-8H2,(H,12,13)(H,14,15). The Labute approximate surface area is 105 Å². The summed E-state index contributed by atoms with van der Waals surface area (Å²) in [5.74, 6) is -0.0561. The molecule has 0 heterocycles. The van der Waals surface area contributed by atoms with Crippen molar-refractivity contribution in [3.05, 3.63) is 0 Å². The zero-order chi connectivity index (χ0) is 12.5. The second-order valence-corrected chi connectivity index (χ2v) is 5.09. The van der Waals surface area contributed by atoms with Gasteiger partial charge in [0.15, 0.2) is 0 Å². The summed E-state index contributed by atoms with van der Waals surface area (Å²) in [7, 11) is 0. The van der Waals surface area contributed by atoms with Gasteiger partial charge in [-0.1, -0.05) is 0 Å². The Balaban J connectivity index is 1.80. The Bertz CT molecular complexity index is 256. The second kappa shape index (κ2) is 8.36. The predicted molar refractivity (Wildman–Crippen MR) is 66.1 cm³/mol. The van der Waals surface area contributed by atoms with Gasteiger partial charge in [0.2, 0.25) is 5.91 Å². The topological polar surface area (TPSA) is 75.6 Å². The SMILES string of the molecule is O=C(O)CSCC(=O)NCCCOCC1CC1. The molecule has 0 aromatic carbocycles. The fraction of sp³-hybridized carbons (Fsp3) is 0.818. The lowest BCUT2D eigenvalue weighted by Gasteiger charge is -2.05. The Morgan fingerprint density at radius 2 is 2.12 bits per heavy atom. The lowest BCUT2D eigenvalue weighted by atomic mass is 10.4. The first-order chi connectivity index (χ1) is 8.18. The van der Waals surface area contributed by atoms with Crippen molar-refractivity contribution in [3.63, 3.8) is 0 Å². The number of carbonyl (C=O) groups excluding carboxylic acids is 1. The molecule has 0 unspecified atom stereocenters. The fourth-order valence-corrected chi connectivity index (χ4v) is 1.78. The molecule has 1 aliphatic carbocycles. The highest BCUT2D eigenvalue weighted by Gasteiger charge is 2.20. The number of rotatable bonds is 10. The van der Waals surface area contributed by atoms with Crippen LogP contribution >= 0.6 is 11.8 Å². The molecule has 0 saturated heterocycles. The summed E-state index contributed by atoms with van der Waals surface area (Å²) in [6.07, 6.45) is 3.39. The molecule has 0 aliphatic heterocycles. The number of carboxylic acid groups (broad SMARTS) is 1. The van der Waals surface area contributed by atoms with Crippen molar-refractivity contribution in [2.24, 2.45) is 5.92 Å². The van der Waals surface area contributed by atoms with Crippen molar-refractivity contribution in [2.75, 3.05) is 31.3 Å². The van der Waals surface area contributed by atoms with Crippen LogP contribution in [0.5, 0.6) is 0 Å². The molecule has 1 saturated carbocycles. The van der Waals surface area contributed by atoms with Gasteiger partial charge in [0.25, 0.3) is 0 Å². The highest BCUT2D eigenvalue weighted by atomic mass is 32.2. The molecular weight excluding hydrogens is 242 g/mol. The van der Waals surface area contributed by atoms with E-state index in [1.54, 1.807) is 0 Å². The number of carboxylic acids is 1. The van der Waals surface area contributed by atoms with Gasteiger partial charge < -0.3 is 15.2 Å². The van der Waals surface area contributed by atoms with Crippen molar-refractivity contribution in [1.82, 2.24) is 5.32 Å². The maximum absolute atomic E-state index is 11.2. The number of nitrogens with one attached hydrogen (secondary N) is 1. The van der Waals surface area contributed by atoms with Crippen LogP contribution in [-0.2, 0) is 14.3 Å². The molecule has 98 valence electrons. The van der Waals surface area contributed by atoms with E-state index in [1.807, 2.05) is 0 Å². The molecule has 0 bridgehead atoms. The van der Waals surface area contributed by atoms with Gasteiger partial charge in [-0.15, -0.1) is 11.8 Å². The van der Waals surface area contributed by atoms with E-state index in [-0.39, 0.29) is 17.4 Å². The van der Waals surface area contributed by atoms with Crippen LogP contribution in [0, 0.1) is 5.92 Å². The lowest BCUT2D eigenvalue weighted by molar-refractivity contribution is -0.133. The van der Waals surface area contributed by atoms with Gasteiger partial charge in [-0.2, -0.15) is 0 Å². The smallest absolute Gasteiger partial charge is 0.313 e. The minimum atomic E-state index is -0.892. The maximum atomic E-state index is 11.2. The molecular formula is C11H19NO4S. The minimum Gasteiger partial charge on any atom is -0.481 e. The number of hydrogen-bond donors (Lipinski definition) is 2. The van der Waals surface area contributed by atoms with E-state index in [0.717, 1.165) is 30.7 Å². The van der Waals surface area contributed by atoms with E-state index in [2.05, 4.69) is 5.32 Å². The number of ether oxygens (including phenoxy) is 1. The summed E-state index contributed by atoms with van der Waals surface area (Å²) in [6, 6.07) is 0. The molecule has 1 aliphatic rings.